The fraction of sp³-hybridized carbons (Fsp3) is 1.00. The summed E-state index contributed by atoms with van der Waals surface area (Å²) < 4.78 is 55.1. The van der Waals surface area contributed by atoms with Gasteiger partial charge in [0.25, 0.3) is 0 Å². The number of hydrogen-bond acceptors (Lipinski definition) is 56. The van der Waals surface area contributed by atoms with Crippen molar-refractivity contribution in [3.63, 3.8) is 0 Å². The lowest BCUT2D eigenvalue weighted by atomic mass is 9.97. The molecular weight excluding hydrogens is 1600 g/mol. The van der Waals surface area contributed by atoms with E-state index >= 15 is 0 Å². The molecule has 0 aliphatic carbocycles. The lowest BCUT2D eigenvalue weighted by molar-refractivity contribution is -0.383. The zero-order valence-corrected chi connectivity index (χ0v) is 60.3. The van der Waals surface area contributed by atoms with E-state index < -0.39 is 361 Å². The van der Waals surface area contributed by atoms with Crippen molar-refractivity contribution >= 4 is 0 Å². The summed E-state index contributed by atoms with van der Waals surface area (Å²) in [7, 11) is 0. The van der Waals surface area contributed by atoms with E-state index in [0.717, 1.165) is 0 Å². The van der Waals surface area contributed by atoms with Crippen molar-refractivity contribution in [1.82, 2.24) is 0 Å². The summed E-state index contributed by atoms with van der Waals surface area (Å²) in [5.74, 6) is -4.38. The molecule has 8 aliphatic rings. The summed E-state index contributed by atoms with van der Waals surface area (Å²) >= 11 is 0. The lowest BCUT2D eigenvalue weighted by Crippen LogP contribution is -2.64. The van der Waals surface area contributed by atoms with Crippen LogP contribution in [0.4, 0.5) is 0 Å². The van der Waals surface area contributed by atoms with Gasteiger partial charge in [0.05, 0.1) is 85.9 Å². The highest BCUT2D eigenvalue weighted by Crippen LogP contribution is 2.37. The Morgan fingerprint density at radius 3 is 0.843 bits per heavy atom. The van der Waals surface area contributed by atoms with Gasteiger partial charge in [-0.15, -0.1) is 0 Å². The Morgan fingerprint density at radius 1 is 0.278 bits per heavy atom. The van der Waals surface area contributed by atoms with E-state index in [2.05, 4.69) is 9.47 Å². The van der Waals surface area contributed by atoms with E-state index in [0.29, 0.717) is 0 Å². The molecule has 0 saturated carbocycles. The minimum atomic E-state index is -2.22. The highest BCUT2D eigenvalue weighted by molar-refractivity contribution is 5.00. The Labute approximate surface area is 648 Å². The van der Waals surface area contributed by atoms with E-state index in [1.165, 1.54) is 0 Å². The van der Waals surface area contributed by atoms with Crippen LogP contribution < -0.4 is 0 Å². The summed E-state index contributed by atoms with van der Waals surface area (Å²) in [6, 6.07) is 0. The predicted octanol–water partition coefficient (Wildman–Crippen LogP) is -29.2. The second-order valence-electron chi connectivity index (χ2n) is 26.6. The highest BCUT2D eigenvalue weighted by Gasteiger charge is 2.60. The van der Waals surface area contributed by atoms with Crippen molar-refractivity contribution in [2.75, 3.05) is 92.5 Å². The van der Waals surface area contributed by atoms with Gasteiger partial charge in [-0.2, -0.15) is 0 Å². The van der Waals surface area contributed by atoms with Gasteiger partial charge in [-0.3, -0.25) is 0 Å². The molecule has 8 fully saturated rings. The first-order chi connectivity index (χ1) is 53.7. The topological polar surface area (TPSA) is 1010 Å². The molecule has 8 aliphatic heterocycles. The van der Waals surface area contributed by atoms with Crippen LogP contribution in [-0.4, -0.2) is 597 Å². The average Bonchev–Trinajstić information content (AvgIpc) is 1.67. The largest absolute Gasteiger partial charge is 0.394 e. The van der Waals surface area contributed by atoms with Crippen LogP contribution in [0, 0.1) is 0 Å². The van der Waals surface area contributed by atoms with Gasteiger partial charge in [0.2, 0.25) is 11.6 Å². The third kappa shape index (κ3) is 28.4. The van der Waals surface area contributed by atoms with Gasteiger partial charge in [-0.05, 0) is 0 Å². The molecule has 688 valence electrons. The number of aliphatic hydroxyl groups is 45. The van der Waals surface area contributed by atoms with Gasteiger partial charge in [0, 0.05) is 0 Å². The van der Waals surface area contributed by atoms with Gasteiger partial charge in [-0.25, -0.2) is 0 Å². The monoisotopic (exact) mass is 1720 g/mol. The highest BCUT2D eigenvalue weighted by atomic mass is 16.8. The Bertz CT molecular complexity index is 2410. The van der Waals surface area contributed by atoms with E-state index in [4.69, 9.17) is 165 Å². The smallest absolute Gasteiger partial charge is 0.224 e. The molecule has 45 N–H and O–H groups in total. The first-order valence-electron chi connectivity index (χ1n) is 34.7. The third-order valence-electron chi connectivity index (χ3n) is 18.5. The maximum Gasteiger partial charge on any atom is 0.224 e. The first-order valence-corrected chi connectivity index (χ1v) is 34.7. The molecule has 0 spiro atoms. The summed E-state index contributed by atoms with van der Waals surface area (Å²) in [5, 5.41) is 414. The number of ether oxygens (including phenoxy) is 11. The quantitative estimate of drug-likeness (QED) is 0.0404. The molecule has 45 atom stereocenters. The van der Waals surface area contributed by atoms with E-state index in [9.17, 15) is 107 Å². The van der Waals surface area contributed by atoms with Gasteiger partial charge < -0.3 is 282 Å². The Kier molecular flexibility index (Phi) is 48.4. The first kappa shape index (κ1) is 109. The van der Waals surface area contributed by atoms with Gasteiger partial charge in [0.1, 0.15) is 232 Å². The number of hydrogen-bond donors (Lipinski definition) is 45. The minimum absolute atomic E-state index is 0.153. The van der Waals surface area contributed by atoms with Gasteiger partial charge >= 0.3 is 0 Å². The molecule has 0 radical (unpaired) electrons. The fourth-order valence-corrected chi connectivity index (χ4v) is 11.1. The lowest BCUT2D eigenvalue weighted by Gasteiger charge is -2.45. The maximum absolute atomic E-state index is 10.00. The molecule has 1 unspecified atom stereocenters. The molecule has 115 heavy (non-hydrogen) atoms. The molecule has 0 aromatic carbocycles. The summed E-state index contributed by atoms with van der Waals surface area (Å²) in [6.07, 6.45) is -65.8. The zero-order chi connectivity index (χ0) is 88.5. The Hall–Kier alpha value is -2.24. The SMILES string of the molecule is OC1OC[C@@H](O)[C@H](O)[C@H]1O.OC[C@@H](O)[C@@H](O)[C@H](O)[C@@H](O)CO.OC[C@@H](O)[C@@H](O)[C@H](O)[C@@H](O)CO.OC[C@H]1O[C@@H](O[C@H]2[C@H](O)[C@@H](O)[C@H](O)O[C@@H]2CO)[C@H](O)[C@@H](O)[C@H]1O.OC[C@H]1O[C@@](CO)(O[C@H]2O[C@H](CO)[C@@H](O)[C@H](O)[C@H]2O)[C@@H](O)[C@@H]1O.OC[C@H]1O[C@H](O[C@H]2[C@H](O)[C@@H](O)[C@H](O)O[C@@H]2CO)[C@H](O)[C@@H](O)[C@@H]1O.OC[C@H]1O[C@](O)(CO)[C@@H](O)[C@@H]1O. The van der Waals surface area contributed by atoms with Crippen molar-refractivity contribution < 1.29 is 282 Å². The van der Waals surface area contributed by atoms with Gasteiger partial charge in [0.15, 0.2) is 37.7 Å². The number of aliphatic hydroxyl groups excluding tert-OH is 44. The second kappa shape index (κ2) is 51.1. The normalized spacial score (nSPS) is 44.7. The molecule has 8 rings (SSSR count). The average molecular weight is 1720 g/mol. The van der Waals surface area contributed by atoms with Crippen LogP contribution in [0.1, 0.15) is 0 Å². The summed E-state index contributed by atoms with van der Waals surface area (Å²) in [5.41, 5.74) is 0. The fourth-order valence-electron chi connectivity index (χ4n) is 11.1. The molecule has 8 heterocycles. The molecule has 0 aromatic heterocycles. The van der Waals surface area contributed by atoms with E-state index in [1.54, 1.807) is 0 Å². The molecule has 0 amide bonds. The molecular formula is C59H116O56. The third-order valence-corrected chi connectivity index (χ3v) is 18.5. The van der Waals surface area contributed by atoms with Crippen LogP contribution in [0.15, 0.2) is 0 Å². The molecule has 8 saturated heterocycles. The van der Waals surface area contributed by atoms with Crippen molar-refractivity contribution in [2.45, 2.75) is 275 Å². The second-order valence-corrected chi connectivity index (χ2v) is 26.6. The van der Waals surface area contributed by atoms with Crippen LogP contribution in [0.5, 0.6) is 0 Å². The predicted molar refractivity (Wildman–Crippen MR) is 348 cm³/mol. The van der Waals surface area contributed by atoms with Crippen molar-refractivity contribution in [3.05, 3.63) is 0 Å². The maximum atomic E-state index is 10.00. The van der Waals surface area contributed by atoms with Crippen molar-refractivity contribution in [1.29, 1.82) is 0 Å². The van der Waals surface area contributed by atoms with Crippen molar-refractivity contribution in [2.24, 2.45) is 0 Å². The van der Waals surface area contributed by atoms with Crippen LogP contribution in [-0.2, 0) is 52.1 Å². The van der Waals surface area contributed by atoms with Crippen LogP contribution in [0.25, 0.3) is 0 Å². The van der Waals surface area contributed by atoms with Gasteiger partial charge in [-0.1, -0.05) is 0 Å². The molecule has 0 aromatic rings. The number of rotatable bonds is 25. The molecule has 0 bridgehead atoms. The minimum Gasteiger partial charge on any atom is -0.394 e. The Morgan fingerprint density at radius 2 is 0.574 bits per heavy atom. The Balaban J connectivity index is 0.000000467. The van der Waals surface area contributed by atoms with Crippen LogP contribution in [0.3, 0.4) is 0 Å². The van der Waals surface area contributed by atoms with Crippen LogP contribution in [0.2, 0.25) is 0 Å². The zero-order valence-electron chi connectivity index (χ0n) is 60.3. The van der Waals surface area contributed by atoms with Crippen molar-refractivity contribution in [3.8, 4) is 0 Å². The summed E-state index contributed by atoms with van der Waals surface area (Å²) in [6.45, 7) is -9.43. The molecule has 56 nitrogen and oxygen atoms in total. The van der Waals surface area contributed by atoms with E-state index in [-0.39, 0.29) is 6.61 Å². The standard InChI is InChI=1S/3C12H22O11.C6H12O6.2C6H14O6.C5H10O5/c13-1-4-6(16)8(18)9(19)11(21-4)23-12(3-15)10(20)7(17)5(2-14)22-12;2*13-1-3-5(15)6(16)9(19)12(22-3)23-10-4(2-14)21-11(20)8(18)7(10)17;7-1-3-4(9)5(10)6(11,2-8)12-3;2*7-1-3(9)5(11)6(12)4(10)2-8;6-2-1-10-5(9)4(8)3(2)7/h4-11,13-20H,1-3H2;2*3-20H,1-2H2;3-5,7-11H,1-2H2;2*3-12H,1-2H2;2-9H,1H2/t4-,5-,6-,7-,8+,9-,10+,11-,12+;3-,4-,5+,6+,7-,8-,9-,10-,11-,12+;3-,4-,5-,6+,7-,8-,9-,10-,11-,12-;3-,4-,5+,6-;2*3-,4+,5-,6-;2-,3+,4-,5?/m1111111/s1. The van der Waals surface area contributed by atoms with E-state index in [1.807, 2.05) is 0 Å². The summed E-state index contributed by atoms with van der Waals surface area (Å²) in [4.78, 5) is 0. The van der Waals surface area contributed by atoms with Crippen LogP contribution >= 0.6 is 0 Å². The molecule has 56 heteroatoms.